The Bertz CT molecular complexity index is 1260. The molecule has 5 nitrogen and oxygen atoms in total. The lowest BCUT2D eigenvalue weighted by Gasteiger charge is -2.22. The summed E-state index contributed by atoms with van der Waals surface area (Å²) in [4.78, 5) is 4.79. The number of anilines is 1. The summed E-state index contributed by atoms with van der Waals surface area (Å²) < 4.78 is 8.16. The van der Waals surface area contributed by atoms with E-state index in [0.717, 1.165) is 41.9 Å². The topological polar surface area (TPSA) is 37.4 Å². The Morgan fingerprint density at radius 1 is 0.935 bits per heavy atom. The average Bonchev–Trinajstić information content (AvgIpc) is 3.57. The van der Waals surface area contributed by atoms with E-state index in [9.17, 15) is 0 Å². The first-order valence-corrected chi connectivity index (χ1v) is 11.2. The van der Waals surface area contributed by atoms with Crippen LogP contribution in [0.3, 0.4) is 0 Å². The second-order valence-corrected chi connectivity index (χ2v) is 8.44. The average molecular weight is 411 g/mol. The van der Waals surface area contributed by atoms with Gasteiger partial charge in [0.05, 0.1) is 18.3 Å². The van der Waals surface area contributed by atoms with Crippen LogP contribution in [0.15, 0.2) is 77.5 Å². The molecule has 4 heterocycles. The summed E-state index contributed by atoms with van der Waals surface area (Å²) in [6.45, 7) is 5.32. The lowest BCUT2D eigenvalue weighted by molar-refractivity contribution is 0.318. The number of benzene rings is 2. The minimum absolute atomic E-state index is 0.817. The number of furan rings is 1. The van der Waals surface area contributed by atoms with Gasteiger partial charge >= 0.3 is 0 Å². The highest BCUT2D eigenvalue weighted by Crippen LogP contribution is 2.29. The second kappa shape index (κ2) is 7.75. The van der Waals surface area contributed by atoms with Crippen LogP contribution in [-0.4, -0.2) is 40.9 Å². The Morgan fingerprint density at radius 3 is 2.68 bits per heavy atom. The highest BCUT2D eigenvalue weighted by Gasteiger charge is 2.14. The molecule has 1 fully saturated rings. The Balaban J connectivity index is 1.17. The summed E-state index contributed by atoms with van der Waals surface area (Å²) in [7, 11) is 0. The summed E-state index contributed by atoms with van der Waals surface area (Å²) in [5.41, 5.74) is 4.45. The van der Waals surface area contributed by atoms with Crippen LogP contribution in [0.5, 0.6) is 0 Å². The third-order valence-electron chi connectivity index (χ3n) is 6.44. The van der Waals surface area contributed by atoms with E-state index < -0.39 is 0 Å². The molecule has 2 aliphatic rings. The first-order valence-electron chi connectivity index (χ1n) is 11.2. The Labute approximate surface area is 181 Å². The molecule has 0 spiro atoms. The second-order valence-electron chi connectivity index (χ2n) is 8.44. The van der Waals surface area contributed by atoms with Crippen molar-refractivity contribution in [2.75, 3.05) is 31.1 Å². The molecule has 0 amide bonds. The smallest absolute Gasteiger partial charge is 0.135 e. The maximum Gasteiger partial charge on any atom is 0.135 e. The van der Waals surface area contributed by atoms with Gasteiger partial charge < -0.3 is 14.2 Å². The Kier molecular flexibility index (Phi) is 4.61. The first kappa shape index (κ1) is 18.5. The number of likely N-dealkylation sites (tertiary alicyclic amines) is 1. The number of nitrogens with zero attached hydrogens (tertiary/aromatic N) is 4. The van der Waals surface area contributed by atoms with Gasteiger partial charge in [0.1, 0.15) is 11.3 Å². The van der Waals surface area contributed by atoms with E-state index in [2.05, 4.69) is 68.3 Å². The SMILES string of the molecule is C1=CN(c2ccc3c(cnn3CCN3CCCC3)c2)CC=C1c1cc2ccccc2o1. The van der Waals surface area contributed by atoms with E-state index in [1.807, 2.05) is 24.4 Å². The van der Waals surface area contributed by atoms with Crippen molar-refractivity contribution in [3.8, 4) is 0 Å². The molecule has 5 heteroatoms. The van der Waals surface area contributed by atoms with Crippen LogP contribution in [0, 0.1) is 0 Å². The largest absolute Gasteiger partial charge is 0.456 e. The molecular formula is C26H26N4O. The fourth-order valence-electron chi connectivity index (χ4n) is 4.67. The number of para-hydroxylation sites is 1. The van der Waals surface area contributed by atoms with Crippen molar-refractivity contribution in [1.82, 2.24) is 14.7 Å². The number of hydrogen-bond acceptors (Lipinski definition) is 4. The maximum absolute atomic E-state index is 6.02. The minimum atomic E-state index is 0.817. The van der Waals surface area contributed by atoms with Gasteiger partial charge in [-0.15, -0.1) is 0 Å². The van der Waals surface area contributed by atoms with E-state index in [1.54, 1.807) is 0 Å². The molecule has 2 aromatic carbocycles. The molecule has 156 valence electrons. The molecule has 4 aromatic rings. The zero-order valence-electron chi connectivity index (χ0n) is 17.6. The molecule has 31 heavy (non-hydrogen) atoms. The van der Waals surface area contributed by atoms with Gasteiger partial charge in [-0.25, -0.2) is 0 Å². The summed E-state index contributed by atoms with van der Waals surface area (Å²) in [5, 5.41) is 6.98. The highest BCUT2D eigenvalue weighted by atomic mass is 16.3. The number of fused-ring (bicyclic) bond motifs is 2. The molecule has 0 unspecified atom stereocenters. The van der Waals surface area contributed by atoms with E-state index in [-0.39, 0.29) is 0 Å². The van der Waals surface area contributed by atoms with Gasteiger partial charge in [-0.3, -0.25) is 4.68 Å². The first-order chi connectivity index (χ1) is 15.3. The van der Waals surface area contributed by atoms with Crippen molar-refractivity contribution >= 4 is 33.1 Å². The standard InChI is InChI=1S/C26H26N4O/c1-2-6-25-21(5-1)18-26(31-25)20-9-13-29(14-10-20)23-7-8-24-22(17-23)19-27-30(24)16-15-28-11-3-4-12-28/h1-2,5-10,13,17-19H,3-4,11-12,14-16H2. The van der Waals surface area contributed by atoms with Crippen LogP contribution >= 0.6 is 0 Å². The Hall–Kier alpha value is -3.31. The van der Waals surface area contributed by atoms with Crippen molar-refractivity contribution in [2.24, 2.45) is 0 Å². The fourth-order valence-corrected chi connectivity index (χ4v) is 4.67. The van der Waals surface area contributed by atoms with Crippen LogP contribution in [0.1, 0.15) is 18.6 Å². The molecule has 2 aromatic heterocycles. The molecule has 0 radical (unpaired) electrons. The van der Waals surface area contributed by atoms with E-state index >= 15 is 0 Å². The summed E-state index contributed by atoms with van der Waals surface area (Å²) in [6.07, 6.45) is 11.2. The molecule has 6 rings (SSSR count). The van der Waals surface area contributed by atoms with Crippen molar-refractivity contribution in [1.29, 1.82) is 0 Å². The van der Waals surface area contributed by atoms with Crippen LogP contribution < -0.4 is 4.90 Å². The van der Waals surface area contributed by atoms with Crippen LogP contribution in [0.25, 0.3) is 27.4 Å². The maximum atomic E-state index is 6.02. The number of hydrogen-bond donors (Lipinski definition) is 0. The van der Waals surface area contributed by atoms with E-state index in [4.69, 9.17) is 4.42 Å². The van der Waals surface area contributed by atoms with Gasteiger partial charge in [0.15, 0.2) is 0 Å². The van der Waals surface area contributed by atoms with E-state index in [1.165, 1.54) is 42.5 Å². The lowest BCUT2D eigenvalue weighted by atomic mass is 10.1. The normalized spacial score (nSPS) is 17.2. The van der Waals surface area contributed by atoms with Crippen molar-refractivity contribution in [2.45, 2.75) is 19.4 Å². The van der Waals surface area contributed by atoms with Crippen LogP contribution in [0.2, 0.25) is 0 Å². The zero-order valence-corrected chi connectivity index (χ0v) is 17.6. The monoisotopic (exact) mass is 410 g/mol. The molecule has 2 aliphatic heterocycles. The third kappa shape index (κ3) is 3.55. The van der Waals surface area contributed by atoms with Gasteiger partial charge in [0, 0.05) is 41.3 Å². The molecule has 0 bridgehead atoms. The van der Waals surface area contributed by atoms with Gasteiger partial charge in [0.25, 0.3) is 0 Å². The number of allylic oxidation sites excluding steroid dienone is 2. The summed E-state index contributed by atoms with van der Waals surface area (Å²) in [6, 6.07) is 16.9. The van der Waals surface area contributed by atoms with Gasteiger partial charge in [-0.1, -0.05) is 24.3 Å². The van der Waals surface area contributed by atoms with Crippen molar-refractivity contribution in [3.63, 3.8) is 0 Å². The van der Waals surface area contributed by atoms with Crippen molar-refractivity contribution in [3.05, 3.63) is 78.8 Å². The zero-order chi connectivity index (χ0) is 20.6. The molecule has 0 N–H and O–H groups in total. The van der Waals surface area contributed by atoms with Crippen LogP contribution in [0.4, 0.5) is 5.69 Å². The fraction of sp³-hybridized carbons (Fsp3) is 0.269. The minimum Gasteiger partial charge on any atom is -0.456 e. The molecule has 0 atom stereocenters. The van der Waals surface area contributed by atoms with Gasteiger partial charge in [-0.2, -0.15) is 5.10 Å². The van der Waals surface area contributed by atoms with Crippen molar-refractivity contribution < 1.29 is 4.42 Å². The van der Waals surface area contributed by atoms with Crippen LogP contribution in [-0.2, 0) is 6.54 Å². The Morgan fingerprint density at radius 2 is 1.84 bits per heavy atom. The van der Waals surface area contributed by atoms with Gasteiger partial charge in [-0.05, 0) is 62.3 Å². The molecule has 1 saturated heterocycles. The van der Waals surface area contributed by atoms with Gasteiger partial charge in [0.2, 0.25) is 0 Å². The van der Waals surface area contributed by atoms with E-state index in [0.29, 0.717) is 0 Å². The quantitative estimate of drug-likeness (QED) is 0.448. The molecular weight excluding hydrogens is 384 g/mol. The molecule has 0 saturated carbocycles. The predicted octanol–water partition coefficient (Wildman–Crippen LogP) is 5.30. The summed E-state index contributed by atoms with van der Waals surface area (Å²) in [5.74, 6) is 0.923. The summed E-state index contributed by atoms with van der Waals surface area (Å²) >= 11 is 0. The lowest BCUT2D eigenvalue weighted by Crippen LogP contribution is -2.24. The number of aromatic nitrogens is 2. The highest BCUT2D eigenvalue weighted by molar-refractivity contribution is 5.86. The third-order valence-corrected chi connectivity index (χ3v) is 6.44. The molecule has 0 aliphatic carbocycles. The number of rotatable bonds is 5. The predicted molar refractivity (Wildman–Crippen MR) is 126 cm³/mol.